The third-order valence-corrected chi connectivity index (χ3v) is 1.67. The Bertz CT molecular complexity index is 365. The molecular formula is C10H10NO4. The van der Waals surface area contributed by atoms with Crippen molar-refractivity contribution >= 4 is 6.08 Å². The highest BCUT2D eigenvalue weighted by Gasteiger charge is 2.00. The van der Waals surface area contributed by atoms with E-state index in [0.717, 1.165) is 6.20 Å². The predicted molar refractivity (Wildman–Crippen MR) is 54.4 cm³/mol. The standard InChI is InChI=1S/C10H10NO4/c1-14-9-5-8(3-4-11(12)13)6-10(7-9)15-2/h3-6H,1-2H3. The summed E-state index contributed by atoms with van der Waals surface area (Å²) in [7, 11) is 2.98. The van der Waals surface area contributed by atoms with Crippen LogP contribution in [0.25, 0.3) is 6.08 Å². The largest absolute Gasteiger partial charge is 0.496 e. The van der Waals surface area contributed by atoms with Crippen molar-refractivity contribution in [2.24, 2.45) is 0 Å². The van der Waals surface area contributed by atoms with E-state index in [9.17, 15) is 10.1 Å². The topological polar surface area (TPSA) is 61.6 Å². The summed E-state index contributed by atoms with van der Waals surface area (Å²) < 4.78 is 9.93. The van der Waals surface area contributed by atoms with Crippen LogP contribution in [0.4, 0.5) is 0 Å². The van der Waals surface area contributed by atoms with Gasteiger partial charge < -0.3 is 9.47 Å². The van der Waals surface area contributed by atoms with Gasteiger partial charge in [0.05, 0.1) is 25.2 Å². The molecule has 1 aromatic carbocycles. The zero-order valence-corrected chi connectivity index (χ0v) is 8.39. The van der Waals surface area contributed by atoms with Gasteiger partial charge in [-0.1, -0.05) is 0 Å². The number of nitro groups is 1. The molecule has 0 unspecified atom stereocenters. The Morgan fingerprint density at radius 3 is 2.27 bits per heavy atom. The van der Waals surface area contributed by atoms with Crippen LogP contribution in [0.3, 0.4) is 0 Å². The van der Waals surface area contributed by atoms with Gasteiger partial charge in [0.1, 0.15) is 11.5 Å². The molecule has 0 spiro atoms. The highest BCUT2D eigenvalue weighted by Crippen LogP contribution is 2.22. The highest BCUT2D eigenvalue weighted by atomic mass is 16.6. The van der Waals surface area contributed by atoms with Crippen molar-refractivity contribution in [3.8, 4) is 11.5 Å². The Morgan fingerprint density at radius 1 is 1.33 bits per heavy atom. The van der Waals surface area contributed by atoms with Crippen molar-refractivity contribution < 1.29 is 14.4 Å². The summed E-state index contributed by atoms with van der Waals surface area (Å²) in [4.78, 5) is 9.60. The number of hydrogen-bond donors (Lipinski definition) is 0. The number of methoxy groups -OCH3 is 2. The van der Waals surface area contributed by atoms with Gasteiger partial charge in [0, 0.05) is 6.08 Å². The van der Waals surface area contributed by atoms with Gasteiger partial charge in [-0.2, -0.15) is 0 Å². The maximum absolute atomic E-state index is 10.1. The smallest absolute Gasteiger partial charge is 0.235 e. The molecule has 1 aromatic rings. The molecule has 0 saturated heterocycles. The van der Waals surface area contributed by atoms with Gasteiger partial charge in [0.25, 0.3) is 0 Å². The molecular weight excluding hydrogens is 198 g/mol. The lowest BCUT2D eigenvalue weighted by Gasteiger charge is -2.04. The van der Waals surface area contributed by atoms with Gasteiger partial charge in [-0.25, -0.2) is 0 Å². The lowest BCUT2D eigenvalue weighted by molar-refractivity contribution is -0.400. The van der Waals surface area contributed by atoms with Crippen molar-refractivity contribution in [3.05, 3.63) is 40.1 Å². The normalized spacial score (nSPS) is 10.3. The number of rotatable bonds is 4. The summed E-state index contributed by atoms with van der Waals surface area (Å²) in [6.45, 7) is 0. The molecule has 0 aliphatic carbocycles. The van der Waals surface area contributed by atoms with Crippen LogP contribution in [0.2, 0.25) is 0 Å². The van der Waals surface area contributed by atoms with E-state index in [1.165, 1.54) is 20.3 Å². The van der Waals surface area contributed by atoms with Crippen molar-refractivity contribution in [2.45, 2.75) is 0 Å². The minimum absolute atomic E-state index is 0.470. The molecule has 0 aliphatic heterocycles. The first-order valence-electron chi connectivity index (χ1n) is 4.12. The Balaban J connectivity index is 3.01. The zero-order valence-electron chi connectivity index (χ0n) is 8.39. The molecule has 0 fully saturated rings. The van der Waals surface area contributed by atoms with Crippen LogP contribution in [-0.4, -0.2) is 19.1 Å². The summed E-state index contributed by atoms with van der Waals surface area (Å²) >= 11 is 0. The van der Waals surface area contributed by atoms with E-state index in [4.69, 9.17) is 9.47 Å². The van der Waals surface area contributed by atoms with Crippen molar-refractivity contribution in [3.63, 3.8) is 0 Å². The second-order valence-corrected chi connectivity index (χ2v) is 2.65. The zero-order chi connectivity index (χ0) is 11.3. The molecule has 0 N–H and O–H groups in total. The van der Waals surface area contributed by atoms with Gasteiger partial charge in [-0.15, -0.1) is 0 Å². The molecule has 1 rings (SSSR count). The molecule has 0 bridgehead atoms. The van der Waals surface area contributed by atoms with Gasteiger partial charge in [-0.05, 0) is 17.7 Å². The predicted octanol–water partition coefficient (Wildman–Crippen LogP) is 1.75. The molecule has 0 aliphatic rings. The second-order valence-electron chi connectivity index (χ2n) is 2.65. The third kappa shape index (κ3) is 3.30. The molecule has 0 atom stereocenters. The molecule has 0 saturated carbocycles. The molecule has 0 amide bonds. The maximum Gasteiger partial charge on any atom is 0.235 e. The lowest BCUT2D eigenvalue weighted by atomic mass is 10.2. The molecule has 1 radical (unpaired) electrons. The summed E-state index contributed by atoms with van der Waals surface area (Å²) in [6, 6.07) is 6.08. The Labute approximate surface area is 87.1 Å². The first-order chi connectivity index (χ1) is 7.15. The van der Waals surface area contributed by atoms with Crippen LogP contribution < -0.4 is 9.47 Å². The maximum atomic E-state index is 10.1. The van der Waals surface area contributed by atoms with E-state index in [0.29, 0.717) is 17.1 Å². The van der Waals surface area contributed by atoms with Crippen LogP contribution >= 0.6 is 0 Å². The van der Waals surface area contributed by atoms with Crippen LogP contribution in [0.5, 0.6) is 11.5 Å². The van der Waals surface area contributed by atoms with Crippen LogP contribution in [0, 0.1) is 16.2 Å². The third-order valence-electron chi connectivity index (χ3n) is 1.67. The first kappa shape index (κ1) is 11.0. The van der Waals surface area contributed by atoms with Gasteiger partial charge in [0.2, 0.25) is 6.20 Å². The van der Waals surface area contributed by atoms with Gasteiger partial charge in [-0.3, -0.25) is 10.1 Å². The van der Waals surface area contributed by atoms with Crippen LogP contribution in [0.1, 0.15) is 5.56 Å². The SMILES string of the molecule is COc1[c]c(OC)cc(C=C[N+](=O)[O-])c1. The van der Waals surface area contributed by atoms with E-state index in [2.05, 4.69) is 6.07 Å². The Hall–Kier alpha value is -2.04. The minimum Gasteiger partial charge on any atom is -0.496 e. The fourth-order valence-corrected chi connectivity index (χ4v) is 1.00. The molecule has 15 heavy (non-hydrogen) atoms. The van der Waals surface area contributed by atoms with E-state index < -0.39 is 4.92 Å². The van der Waals surface area contributed by atoms with E-state index in [-0.39, 0.29) is 0 Å². The number of benzene rings is 1. The van der Waals surface area contributed by atoms with E-state index >= 15 is 0 Å². The lowest BCUT2D eigenvalue weighted by Crippen LogP contribution is -1.89. The summed E-state index contributed by atoms with van der Waals surface area (Å²) in [6.07, 6.45) is 2.22. The number of nitrogens with zero attached hydrogens (tertiary/aromatic N) is 1. The van der Waals surface area contributed by atoms with Gasteiger partial charge in [0.15, 0.2) is 0 Å². The van der Waals surface area contributed by atoms with Crippen molar-refractivity contribution in [1.29, 1.82) is 0 Å². The number of hydrogen-bond acceptors (Lipinski definition) is 4. The van der Waals surface area contributed by atoms with Crippen molar-refractivity contribution in [1.82, 2.24) is 0 Å². The minimum atomic E-state index is -0.532. The summed E-state index contributed by atoms with van der Waals surface area (Å²) in [5, 5.41) is 10.1. The van der Waals surface area contributed by atoms with E-state index in [1.54, 1.807) is 12.1 Å². The average molecular weight is 208 g/mol. The average Bonchev–Trinajstić information content (AvgIpc) is 2.25. The fraction of sp³-hybridized carbons (Fsp3) is 0.200. The molecule has 79 valence electrons. The van der Waals surface area contributed by atoms with Crippen LogP contribution in [-0.2, 0) is 0 Å². The first-order valence-corrected chi connectivity index (χ1v) is 4.12. The molecule has 0 aromatic heterocycles. The van der Waals surface area contributed by atoms with Crippen molar-refractivity contribution in [2.75, 3.05) is 14.2 Å². The summed E-state index contributed by atoms with van der Waals surface area (Å²) in [5.41, 5.74) is 0.624. The number of ether oxygens (including phenoxy) is 2. The Morgan fingerprint density at radius 2 is 1.87 bits per heavy atom. The monoisotopic (exact) mass is 208 g/mol. The summed E-state index contributed by atoms with van der Waals surface area (Å²) in [5.74, 6) is 0.940. The van der Waals surface area contributed by atoms with Gasteiger partial charge >= 0.3 is 0 Å². The second kappa shape index (κ2) is 4.99. The molecule has 0 heterocycles. The quantitative estimate of drug-likeness (QED) is 0.558. The highest BCUT2D eigenvalue weighted by molar-refractivity contribution is 5.53. The fourth-order valence-electron chi connectivity index (χ4n) is 1.00. The van der Waals surface area contributed by atoms with Crippen LogP contribution in [0.15, 0.2) is 18.3 Å². The molecule has 5 heteroatoms. The Kier molecular flexibility index (Phi) is 3.68. The molecule has 5 nitrogen and oxygen atoms in total. The van der Waals surface area contributed by atoms with E-state index in [1.807, 2.05) is 0 Å².